The third-order valence-corrected chi connectivity index (χ3v) is 2.27. The summed E-state index contributed by atoms with van der Waals surface area (Å²) >= 11 is 0. The molecule has 0 saturated carbocycles. The minimum absolute atomic E-state index is 0.117. The molecule has 0 N–H and O–H groups in total. The highest BCUT2D eigenvalue weighted by Crippen LogP contribution is 2.19. The molecule has 0 aliphatic heterocycles. The van der Waals surface area contributed by atoms with E-state index in [1.165, 1.54) is 0 Å². The summed E-state index contributed by atoms with van der Waals surface area (Å²) in [6, 6.07) is 0. The Labute approximate surface area is 81.7 Å². The zero-order valence-corrected chi connectivity index (χ0v) is 9.52. The second-order valence-electron chi connectivity index (χ2n) is 4.00. The van der Waals surface area contributed by atoms with Gasteiger partial charge in [-0.2, -0.15) is 0 Å². The molecule has 0 bridgehead atoms. The fraction of sp³-hybridized carbons (Fsp3) is 0.909. The summed E-state index contributed by atoms with van der Waals surface area (Å²) in [7, 11) is 0. The molecule has 2 heteroatoms. The van der Waals surface area contributed by atoms with Gasteiger partial charge in [0, 0.05) is 12.5 Å². The lowest BCUT2D eigenvalue weighted by molar-refractivity contribution is -0.143. The summed E-state index contributed by atoms with van der Waals surface area (Å²) < 4.78 is 5.41. The Morgan fingerprint density at radius 1 is 1.38 bits per heavy atom. The summed E-state index contributed by atoms with van der Waals surface area (Å²) in [5.74, 6) is 0.336. The van der Waals surface area contributed by atoms with Gasteiger partial charge in [-0.25, -0.2) is 0 Å². The molecule has 1 atom stereocenters. The molecule has 0 aliphatic carbocycles. The molecule has 1 unspecified atom stereocenters. The van der Waals surface area contributed by atoms with Gasteiger partial charge in [-0.05, 0) is 27.2 Å². The number of hydrogen-bond donors (Lipinski definition) is 0. The van der Waals surface area contributed by atoms with Crippen molar-refractivity contribution in [3.8, 4) is 0 Å². The van der Waals surface area contributed by atoms with E-state index in [0.29, 0.717) is 6.61 Å². The lowest BCUT2D eigenvalue weighted by Gasteiger charge is -2.26. The summed E-state index contributed by atoms with van der Waals surface area (Å²) in [4.78, 5) is 11.8. The average molecular weight is 186 g/mol. The van der Waals surface area contributed by atoms with E-state index in [0.717, 1.165) is 12.8 Å². The summed E-state index contributed by atoms with van der Waals surface area (Å²) in [5.41, 5.74) is -0.608. The van der Waals surface area contributed by atoms with Crippen LogP contribution < -0.4 is 0 Å². The molecule has 0 aromatic heterocycles. The molecule has 0 spiro atoms. The van der Waals surface area contributed by atoms with Gasteiger partial charge in [0.2, 0.25) is 0 Å². The van der Waals surface area contributed by atoms with Crippen molar-refractivity contribution in [1.82, 2.24) is 0 Å². The first-order valence-corrected chi connectivity index (χ1v) is 5.14. The molecular formula is C11H22O2. The molecule has 0 heterocycles. The van der Waals surface area contributed by atoms with Crippen LogP contribution in [-0.4, -0.2) is 18.0 Å². The monoisotopic (exact) mass is 186 g/mol. The van der Waals surface area contributed by atoms with Crippen LogP contribution in [0.4, 0.5) is 0 Å². The lowest BCUT2D eigenvalue weighted by atomic mass is 9.90. The number of carbonyl (C=O) groups excluding carboxylic acids is 1. The summed E-state index contributed by atoms with van der Waals surface area (Å²) in [5, 5.41) is 0. The van der Waals surface area contributed by atoms with Crippen LogP contribution in [0.3, 0.4) is 0 Å². The van der Waals surface area contributed by atoms with Crippen LogP contribution >= 0.6 is 0 Å². The van der Waals surface area contributed by atoms with E-state index >= 15 is 0 Å². The van der Waals surface area contributed by atoms with Crippen LogP contribution in [0.5, 0.6) is 0 Å². The quantitative estimate of drug-likeness (QED) is 0.637. The van der Waals surface area contributed by atoms with E-state index in [1.54, 1.807) is 0 Å². The molecule has 0 amide bonds. The Bertz CT molecular complexity index is 161. The van der Waals surface area contributed by atoms with Gasteiger partial charge in [0.05, 0.1) is 0 Å². The van der Waals surface area contributed by atoms with E-state index in [2.05, 4.69) is 6.92 Å². The standard InChI is InChI=1S/C11H22O2/c1-6-8-9(3)10(12)11(4,5)13-7-2/h9H,6-8H2,1-5H3. The Balaban J connectivity index is 4.21. The van der Waals surface area contributed by atoms with Gasteiger partial charge >= 0.3 is 0 Å². The molecule has 0 radical (unpaired) electrons. The Hall–Kier alpha value is -0.370. The van der Waals surface area contributed by atoms with Crippen molar-refractivity contribution < 1.29 is 9.53 Å². The molecular weight excluding hydrogens is 164 g/mol. The van der Waals surface area contributed by atoms with Gasteiger partial charge in [0.15, 0.2) is 5.78 Å². The zero-order chi connectivity index (χ0) is 10.5. The number of ether oxygens (including phenoxy) is 1. The highest BCUT2D eigenvalue weighted by atomic mass is 16.5. The molecule has 2 nitrogen and oxygen atoms in total. The number of ketones is 1. The molecule has 78 valence electrons. The van der Waals surface area contributed by atoms with Crippen molar-refractivity contribution in [1.29, 1.82) is 0 Å². The van der Waals surface area contributed by atoms with Crippen LogP contribution in [0, 0.1) is 5.92 Å². The van der Waals surface area contributed by atoms with Crippen LogP contribution in [0.15, 0.2) is 0 Å². The van der Waals surface area contributed by atoms with Gasteiger partial charge in [-0.3, -0.25) is 4.79 Å². The van der Waals surface area contributed by atoms with Crippen molar-refractivity contribution in [2.75, 3.05) is 6.61 Å². The Morgan fingerprint density at radius 3 is 2.31 bits per heavy atom. The molecule has 0 saturated heterocycles. The van der Waals surface area contributed by atoms with E-state index in [1.807, 2.05) is 27.7 Å². The van der Waals surface area contributed by atoms with E-state index < -0.39 is 5.60 Å². The number of hydrogen-bond acceptors (Lipinski definition) is 2. The Morgan fingerprint density at radius 2 is 1.92 bits per heavy atom. The van der Waals surface area contributed by atoms with Crippen molar-refractivity contribution in [3.63, 3.8) is 0 Å². The van der Waals surface area contributed by atoms with Crippen LogP contribution in [0.25, 0.3) is 0 Å². The number of carbonyl (C=O) groups is 1. The van der Waals surface area contributed by atoms with Gasteiger partial charge in [-0.15, -0.1) is 0 Å². The SMILES string of the molecule is CCCC(C)C(=O)C(C)(C)OCC. The highest BCUT2D eigenvalue weighted by molar-refractivity contribution is 5.88. The third-order valence-electron chi connectivity index (χ3n) is 2.27. The van der Waals surface area contributed by atoms with Crippen LogP contribution in [-0.2, 0) is 9.53 Å². The summed E-state index contributed by atoms with van der Waals surface area (Å²) in [6.07, 6.45) is 2.00. The van der Waals surface area contributed by atoms with Gasteiger partial charge in [0.25, 0.3) is 0 Å². The molecule has 0 aliphatic rings. The van der Waals surface area contributed by atoms with Gasteiger partial charge in [-0.1, -0.05) is 20.3 Å². The summed E-state index contributed by atoms with van der Waals surface area (Å²) in [6.45, 7) is 10.3. The highest BCUT2D eigenvalue weighted by Gasteiger charge is 2.31. The largest absolute Gasteiger partial charge is 0.368 e. The molecule has 0 fully saturated rings. The fourth-order valence-corrected chi connectivity index (χ4v) is 1.59. The molecule has 0 aromatic carbocycles. The van der Waals surface area contributed by atoms with Crippen LogP contribution in [0.2, 0.25) is 0 Å². The van der Waals surface area contributed by atoms with Crippen LogP contribution in [0.1, 0.15) is 47.5 Å². The van der Waals surface area contributed by atoms with E-state index in [-0.39, 0.29) is 11.7 Å². The lowest BCUT2D eigenvalue weighted by Crippen LogP contribution is -2.38. The first kappa shape index (κ1) is 12.6. The zero-order valence-electron chi connectivity index (χ0n) is 9.52. The molecule has 0 aromatic rings. The topological polar surface area (TPSA) is 26.3 Å². The predicted molar refractivity (Wildman–Crippen MR) is 54.8 cm³/mol. The molecule has 0 rings (SSSR count). The first-order valence-electron chi connectivity index (χ1n) is 5.14. The predicted octanol–water partition coefficient (Wildman–Crippen LogP) is 2.81. The second-order valence-corrected chi connectivity index (χ2v) is 4.00. The van der Waals surface area contributed by atoms with Gasteiger partial charge < -0.3 is 4.74 Å². The maximum atomic E-state index is 11.8. The molecule has 13 heavy (non-hydrogen) atoms. The minimum atomic E-state index is -0.608. The Kier molecular flexibility index (Phi) is 5.23. The number of Topliss-reactive ketones (excluding diaryl/α,β-unsaturated/α-hetero) is 1. The van der Waals surface area contributed by atoms with Crippen molar-refractivity contribution in [3.05, 3.63) is 0 Å². The average Bonchev–Trinajstić information content (AvgIpc) is 2.03. The van der Waals surface area contributed by atoms with E-state index in [4.69, 9.17) is 4.74 Å². The first-order chi connectivity index (χ1) is 5.95. The fourth-order valence-electron chi connectivity index (χ4n) is 1.59. The van der Waals surface area contributed by atoms with Crippen molar-refractivity contribution >= 4 is 5.78 Å². The van der Waals surface area contributed by atoms with Crippen molar-refractivity contribution in [2.24, 2.45) is 5.92 Å². The number of rotatable bonds is 6. The van der Waals surface area contributed by atoms with E-state index in [9.17, 15) is 4.79 Å². The van der Waals surface area contributed by atoms with Gasteiger partial charge in [0.1, 0.15) is 5.60 Å². The smallest absolute Gasteiger partial charge is 0.166 e. The minimum Gasteiger partial charge on any atom is -0.368 e. The normalized spacial score (nSPS) is 14.2. The third kappa shape index (κ3) is 3.90. The second kappa shape index (κ2) is 5.38. The maximum Gasteiger partial charge on any atom is 0.166 e. The maximum absolute atomic E-state index is 11.8. The van der Waals surface area contributed by atoms with Crippen molar-refractivity contribution in [2.45, 2.75) is 53.1 Å².